The van der Waals surface area contributed by atoms with Crippen molar-refractivity contribution in [3.8, 4) is 11.5 Å². The molecule has 0 aliphatic carbocycles. The van der Waals surface area contributed by atoms with Gasteiger partial charge >= 0.3 is 5.97 Å². The highest BCUT2D eigenvalue weighted by Crippen LogP contribution is 2.42. The molecule has 2 aromatic carbocycles. The summed E-state index contributed by atoms with van der Waals surface area (Å²) >= 11 is 4.62. The fourth-order valence-corrected chi connectivity index (χ4v) is 4.86. The highest BCUT2D eigenvalue weighted by atomic mass is 79.9. The molecule has 37 heavy (non-hydrogen) atoms. The first-order chi connectivity index (χ1) is 17.8. The van der Waals surface area contributed by atoms with E-state index in [-0.39, 0.29) is 35.3 Å². The average Bonchev–Trinajstić information content (AvgIpc) is 3.15. The van der Waals surface area contributed by atoms with Crippen LogP contribution in [0.15, 0.2) is 62.1 Å². The Kier molecular flexibility index (Phi) is 10.4. The molecule has 1 amide bonds. The molecule has 1 aliphatic rings. The van der Waals surface area contributed by atoms with Crippen molar-refractivity contribution in [1.82, 2.24) is 0 Å². The molecule has 1 heterocycles. The van der Waals surface area contributed by atoms with Crippen LogP contribution < -0.4 is 9.47 Å². The maximum Gasteiger partial charge on any atom is 0.344 e. The van der Waals surface area contributed by atoms with Gasteiger partial charge in [-0.1, -0.05) is 64.4 Å². The van der Waals surface area contributed by atoms with Crippen molar-refractivity contribution in [3.63, 3.8) is 0 Å². The molecule has 0 radical (unpaired) electrons. The van der Waals surface area contributed by atoms with Crippen LogP contribution in [0, 0.1) is 6.92 Å². The lowest BCUT2D eigenvalue weighted by Gasteiger charge is -2.14. The van der Waals surface area contributed by atoms with Crippen molar-refractivity contribution >= 4 is 50.7 Å². The van der Waals surface area contributed by atoms with Gasteiger partial charge in [-0.3, -0.25) is 4.79 Å². The van der Waals surface area contributed by atoms with Gasteiger partial charge in [0, 0.05) is 10.9 Å². The minimum absolute atomic E-state index is 0.109. The second-order valence-electron chi connectivity index (χ2n) is 8.14. The van der Waals surface area contributed by atoms with Crippen molar-refractivity contribution in [2.24, 2.45) is 4.99 Å². The van der Waals surface area contributed by atoms with E-state index in [4.69, 9.17) is 14.2 Å². The number of esters is 1. The third-order valence-corrected chi connectivity index (χ3v) is 6.93. The van der Waals surface area contributed by atoms with E-state index in [9.17, 15) is 14.7 Å². The molecule has 196 valence electrons. The maximum atomic E-state index is 12.5. The highest BCUT2D eigenvalue weighted by Gasteiger charge is 2.34. The minimum atomic E-state index is -0.729. The van der Waals surface area contributed by atoms with Gasteiger partial charge in [0.15, 0.2) is 11.5 Å². The summed E-state index contributed by atoms with van der Waals surface area (Å²) < 4.78 is 17.7. The van der Waals surface area contributed by atoms with Crippen molar-refractivity contribution in [2.75, 3.05) is 13.2 Å². The quantitative estimate of drug-likeness (QED) is 0.301. The Hall–Kier alpha value is -3.04. The molecule has 0 saturated heterocycles. The lowest BCUT2D eigenvalue weighted by atomic mass is 10.1. The molecule has 0 atom stereocenters. The summed E-state index contributed by atoms with van der Waals surface area (Å²) in [7, 11) is 0. The second kappa shape index (κ2) is 13.5. The van der Waals surface area contributed by atoms with Crippen LogP contribution in [-0.2, 0) is 20.9 Å². The molecule has 2 aromatic rings. The Labute approximate surface area is 229 Å². The van der Waals surface area contributed by atoms with Gasteiger partial charge in [0.05, 0.1) is 18.1 Å². The van der Waals surface area contributed by atoms with Crippen LogP contribution in [0.1, 0.15) is 50.3 Å². The number of aliphatic imine (C=N–C) groups is 1. The number of carbonyl (C=O) groups is 2. The molecule has 0 aromatic heterocycles. The third-order valence-electron chi connectivity index (χ3n) is 5.22. The summed E-state index contributed by atoms with van der Waals surface area (Å²) in [5.74, 6) is -0.275. The largest absolute Gasteiger partial charge is 0.506 e. The number of rotatable bonds is 10. The number of hydrogen-bond donors (Lipinski definition) is 1. The first-order valence-corrected chi connectivity index (χ1v) is 13.6. The first kappa shape index (κ1) is 28.5. The summed E-state index contributed by atoms with van der Waals surface area (Å²) in [4.78, 5) is 29.1. The number of aliphatic hydroxyl groups excluding tert-OH is 1. The molecule has 9 heteroatoms. The summed E-state index contributed by atoms with van der Waals surface area (Å²) in [6.07, 6.45) is 2.56. The zero-order chi connectivity index (χ0) is 26.9. The smallest absolute Gasteiger partial charge is 0.344 e. The van der Waals surface area contributed by atoms with Crippen molar-refractivity contribution in [1.29, 1.82) is 0 Å². The number of hydrogen-bond acceptors (Lipinski definition) is 7. The fraction of sp³-hybridized carbons (Fsp3) is 0.321. The first-order valence-electron chi connectivity index (χ1n) is 12.0. The molecule has 0 bridgehead atoms. The van der Waals surface area contributed by atoms with Gasteiger partial charge in [-0.2, -0.15) is 0 Å². The second-order valence-corrected chi connectivity index (χ2v) is 10.0. The summed E-state index contributed by atoms with van der Waals surface area (Å²) in [6.45, 7) is 8.39. The van der Waals surface area contributed by atoms with Crippen LogP contribution >= 0.6 is 27.7 Å². The monoisotopic (exact) mass is 587 g/mol. The lowest BCUT2D eigenvalue weighted by Crippen LogP contribution is -2.14. The van der Waals surface area contributed by atoms with Crippen LogP contribution in [-0.4, -0.2) is 35.2 Å². The van der Waals surface area contributed by atoms with E-state index in [0.717, 1.165) is 17.3 Å². The Morgan fingerprint density at radius 3 is 2.41 bits per heavy atom. The molecular weight excluding hydrogens is 558 g/mol. The number of aliphatic hydroxyl groups is 1. The van der Waals surface area contributed by atoms with Gasteiger partial charge in [-0.25, -0.2) is 9.79 Å². The van der Waals surface area contributed by atoms with Crippen LogP contribution in [0.25, 0.3) is 6.08 Å². The summed E-state index contributed by atoms with van der Waals surface area (Å²) in [5.41, 5.74) is 2.78. The molecule has 3 rings (SSSR count). The van der Waals surface area contributed by atoms with Gasteiger partial charge in [0.1, 0.15) is 23.0 Å². The molecule has 0 fully saturated rings. The number of carbonyl (C=O) groups excluding carboxylic acids is 2. The molecule has 7 nitrogen and oxygen atoms in total. The van der Waals surface area contributed by atoms with Gasteiger partial charge in [-0.05, 0) is 56.5 Å². The van der Waals surface area contributed by atoms with Gasteiger partial charge < -0.3 is 19.3 Å². The Morgan fingerprint density at radius 1 is 1.05 bits per heavy atom. The number of halogens is 1. The predicted molar refractivity (Wildman–Crippen MR) is 150 cm³/mol. The normalized spacial score (nSPS) is 15.4. The Bertz CT molecular complexity index is 1250. The van der Waals surface area contributed by atoms with E-state index in [2.05, 4.69) is 20.9 Å². The molecule has 1 aliphatic heterocycles. The number of benzene rings is 2. The molecule has 0 spiro atoms. The third kappa shape index (κ3) is 7.49. The maximum absolute atomic E-state index is 12.5. The Morgan fingerprint density at radius 2 is 1.76 bits per heavy atom. The van der Waals surface area contributed by atoms with E-state index in [0.29, 0.717) is 46.1 Å². The minimum Gasteiger partial charge on any atom is -0.506 e. The SMILES string of the molecule is CCCC(=O)N=C1S/C(=C\c2cc(OCC)c(OCc3ccc(C)cc3)cc2Br)C(O)=C1C(=O)OCC. The standard InChI is InChI=1S/C28H30BrNO6S/c1-5-8-24(31)30-27-25(28(33)35-7-3)26(32)23(37-27)14-19-13-21(34-6-2)22(15-20(19)29)36-16-18-11-9-17(4)10-12-18/h9-15,32H,5-8,16H2,1-4H3/b23-14-,30-27?. The molecule has 0 saturated carbocycles. The van der Waals surface area contributed by atoms with Crippen LogP contribution in [0.3, 0.4) is 0 Å². The zero-order valence-electron chi connectivity index (χ0n) is 21.3. The number of nitrogens with zero attached hydrogens (tertiary/aromatic N) is 1. The van der Waals surface area contributed by atoms with Crippen LogP contribution in [0.2, 0.25) is 0 Å². The number of thioether (sulfide) groups is 1. The van der Waals surface area contributed by atoms with E-state index in [1.807, 2.05) is 45.0 Å². The van der Waals surface area contributed by atoms with Crippen molar-refractivity contribution in [2.45, 2.75) is 47.1 Å². The average molecular weight is 589 g/mol. The number of amides is 1. The van der Waals surface area contributed by atoms with E-state index in [1.54, 1.807) is 25.1 Å². The highest BCUT2D eigenvalue weighted by molar-refractivity contribution is 9.10. The van der Waals surface area contributed by atoms with Gasteiger partial charge in [-0.15, -0.1) is 0 Å². The van der Waals surface area contributed by atoms with E-state index in [1.165, 1.54) is 5.56 Å². The van der Waals surface area contributed by atoms with Crippen LogP contribution in [0.5, 0.6) is 11.5 Å². The topological polar surface area (TPSA) is 94.4 Å². The van der Waals surface area contributed by atoms with Crippen molar-refractivity contribution < 1.29 is 28.9 Å². The van der Waals surface area contributed by atoms with Gasteiger partial charge in [0.25, 0.3) is 0 Å². The van der Waals surface area contributed by atoms with Crippen molar-refractivity contribution in [3.05, 3.63) is 73.8 Å². The zero-order valence-corrected chi connectivity index (χ0v) is 23.7. The number of ether oxygens (including phenoxy) is 3. The Balaban J connectivity index is 1.95. The van der Waals surface area contributed by atoms with E-state index >= 15 is 0 Å². The molecule has 0 unspecified atom stereocenters. The molecular formula is C28H30BrNO6S. The summed E-state index contributed by atoms with van der Waals surface area (Å²) in [5, 5.41) is 11.0. The summed E-state index contributed by atoms with van der Waals surface area (Å²) in [6, 6.07) is 11.7. The lowest BCUT2D eigenvalue weighted by molar-refractivity contribution is -0.138. The van der Waals surface area contributed by atoms with Gasteiger partial charge in [0.2, 0.25) is 5.91 Å². The van der Waals surface area contributed by atoms with E-state index < -0.39 is 5.97 Å². The fourth-order valence-electron chi connectivity index (χ4n) is 3.40. The molecule has 1 N–H and O–H groups in total. The number of aryl methyl sites for hydroxylation is 1. The van der Waals surface area contributed by atoms with Crippen LogP contribution in [0.4, 0.5) is 0 Å². The predicted octanol–water partition coefficient (Wildman–Crippen LogP) is 6.92.